The summed E-state index contributed by atoms with van der Waals surface area (Å²) in [5, 5.41) is 0. The maximum absolute atomic E-state index is 13.2. The van der Waals surface area contributed by atoms with Gasteiger partial charge in [0.05, 0.1) is 18.1 Å². The second-order valence-electron chi connectivity index (χ2n) is 7.49. The van der Waals surface area contributed by atoms with E-state index >= 15 is 0 Å². The number of hydrogen-bond acceptors (Lipinski definition) is 4. The van der Waals surface area contributed by atoms with E-state index in [0.29, 0.717) is 6.54 Å². The largest absolute Gasteiger partial charge is 0.378 e. The molecule has 2 heterocycles. The predicted molar refractivity (Wildman–Crippen MR) is 109 cm³/mol. The molecule has 1 amide bonds. The minimum Gasteiger partial charge on any atom is -0.378 e. The Balaban J connectivity index is 0.00000261. The van der Waals surface area contributed by atoms with Crippen LogP contribution in [-0.4, -0.2) is 49.8 Å². The zero-order valence-corrected chi connectivity index (χ0v) is 17.1. The van der Waals surface area contributed by atoms with Crippen LogP contribution >= 0.6 is 12.4 Å². The minimum atomic E-state index is -0.115. The van der Waals surface area contributed by atoms with E-state index in [4.69, 9.17) is 15.2 Å². The van der Waals surface area contributed by atoms with Gasteiger partial charge >= 0.3 is 0 Å². The van der Waals surface area contributed by atoms with Crippen molar-refractivity contribution in [3.05, 3.63) is 35.4 Å². The van der Waals surface area contributed by atoms with Crippen LogP contribution in [0.4, 0.5) is 0 Å². The quantitative estimate of drug-likeness (QED) is 0.749. The monoisotopic (exact) mass is 396 g/mol. The summed E-state index contributed by atoms with van der Waals surface area (Å²) in [6.07, 6.45) is 4.74. The fourth-order valence-corrected chi connectivity index (χ4v) is 3.93. The third-order valence-electron chi connectivity index (χ3n) is 5.50. The maximum Gasteiger partial charge on any atom is 0.228 e. The van der Waals surface area contributed by atoms with Gasteiger partial charge in [-0.05, 0) is 51.1 Å². The number of carbonyl (C=O) groups is 1. The summed E-state index contributed by atoms with van der Waals surface area (Å²) in [5.74, 6) is 0.178. The predicted octanol–water partition coefficient (Wildman–Crippen LogP) is 3.24. The number of aryl methyl sites for hydroxylation is 1. The fraction of sp³-hybridized carbons (Fsp3) is 0.667. The molecule has 0 saturated carbocycles. The van der Waals surface area contributed by atoms with Gasteiger partial charge in [-0.1, -0.05) is 29.8 Å². The summed E-state index contributed by atoms with van der Waals surface area (Å²) < 4.78 is 11.9. The number of amides is 1. The number of benzene rings is 1. The van der Waals surface area contributed by atoms with Crippen LogP contribution in [0.1, 0.15) is 49.3 Å². The van der Waals surface area contributed by atoms with Crippen LogP contribution in [0.5, 0.6) is 0 Å². The van der Waals surface area contributed by atoms with Crippen molar-refractivity contribution in [3.8, 4) is 0 Å². The van der Waals surface area contributed by atoms with Gasteiger partial charge in [0.1, 0.15) is 0 Å². The normalized spacial score (nSPS) is 23.7. The summed E-state index contributed by atoms with van der Waals surface area (Å²) in [6.45, 7) is 5.76. The van der Waals surface area contributed by atoms with Crippen molar-refractivity contribution < 1.29 is 14.3 Å². The van der Waals surface area contributed by atoms with Gasteiger partial charge in [-0.2, -0.15) is 0 Å². The van der Waals surface area contributed by atoms with Gasteiger partial charge < -0.3 is 20.1 Å². The number of halogens is 1. The second kappa shape index (κ2) is 11.0. The molecule has 0 bridgehead atoms. The first-order chi connectivity index (χ1) is 12.7. The zero-order chi connectivity index (χ0) is 18.4. The van der Waals surface area contributed by atoms with Crippen LogP contribution in [-0.2, 0) is 14.3 Å². The lowest BCUT2D eigenvalue weighted by atomic mass is 9.87. The molecule has 2 N–H and O–H groups in total. The molecule has 2 aliphatic rings. The number of hydrogen-bond donors (Lipinski definition) is 1. The lowest BCUT2D eigenvalue weighted by Gasteiger charge is -2.38. The molecular weight excluding hydrogens is 364 g/mol. The Kier molecular flexibility index (Phi) is 9.03. The number of piperidine rings is 1. The Morgan fingerprint density at radius 2 is 1.93 bits per heavy atom. The Bertz CT molecular complexity index is 573. The molecule has 6 heteroatoms. The van der Waals surface area contributed by atoms with E-state index < -0.39 is 0 Å². The SMILES string of the molecule is Cc1ccc(C2OCCCC2C(=O)N2CCC(OCCCN)CC2)cc1.Cl. The first kappa shape index (κ1) is 22.2. The molecule has 2 saturated heterocycles. The van der Waals surface area contributed by atoms with E-state index in [1.165, 1.54) is 5.56 Å². The highest BCUT2D eigenvalue weighted by Gasteiger charge is 2.36. The molecule has 3 rings (SSSR count). The minimum absolute atomic E-state index is 0. The highest BCUT2D eigenvalue weighted by molar-refractivity contribution is 5.85. The van der Waals surface area contributed by atoms with Crippen LogP contribution in [0.3, 0.4) is 0 Å². The van der Waals surface area contributed by atoms with Crippen LogP contribution in [0.15, 0.2) is 24.3 Å². The van der Waals surface area contributed by atoms with Crippen LogP contribution in [0.25, 0.3) is 0 Å². The molecule has 0 spiro atoms. The van der Waals surface area contributed by atoms with Crippen molar-refractivity contribution >= 4 is 18.3 Å². The van der Waals surface area contributed by atoms with E-state index in [9.17, 15) is 4.79 Å². The van der Waals surface area contributed by atoms with E-state index in [0.717, 1.165) is 64.0 Å². The van der Waals surface area contributed by atoms with Gasteiger partial charge in [-0.25, -0.2) is 0 Å². The summed E-state index contributed by atoms with van der Waals surface area (Å²) >= 11 is 0. The zero-order valence-electron chi connectivity index (χ0n) is 16.3. The molecule has 1 aromatic rings. The third kappa shape index (κ3) is 5.92. The Morgan fingerprint density at radius 3 is 2.59 bits per heavy atom. The van der Waals surface area contributed by atoms with Crippen LogP contribution in [0, 0.1) is 12.8 Å². The van der Waals surface area contributed by atoms with Gasteiger partial charge in [0, 0.05) is 26.3 Å². The summed E-state index contributed by atoms with van der Waals surface area (Å²) in [4.78, 5) is 15.2. The molecule has 0 aromatic heterocycles. The standard InChI is InChI=1S/C21H32N2O3.ClH/c1-16-5-7-17(8-6-16)20-19(4-2-14-26-20)21(24)23-12-9-18(10-13-23)25-15-3-11-22;/h5-8,18-20H,2-4,9-15,22H2,1H3;1H. The molecule has 2 atom stereocenters. The lowest BCUT2D eigenvalue weighted by molar-refractivity contribution is -0.148. The third-order valence-corrected chi connectivity index (χ3v) is 5.50. The van der Waals surface area contributed by atoms with Crippen LogP contribution in [0.2, 0.25) is 0 Å². The second-order valence-corrected chi connectivity index (χ2v) is 7.49. The molecule has 2 fully saturated rings. The fourth-order valence-electron chi connectivity index (χ4n) is 3.93. The highest BCUT2D eigenvalue weighted by atomic mass is 35.5. The lowest BCUT2D eigenvalue weighted by Crippen LogP contribution is -2.46. The first-order valence-corrected chi connectivity index (χ1v) is 9.97. The van der Waals surface area contributed by atoms with Crippen molar-refractivity contribution in [2.45, 2.75) is 51.2 Å². The van der Waals surface area contributed by atoms with Gasteiger partial charge in [-0.3, -0.25) is 4.79 Å². The van der Waals surface area contributed by atoms with E-state index in [1.54, 1.807) is 0 Å². The Labute approximate surface area is 169 Å². The molecule has 1 aromatic carbocycles. The molecule has 5 nitrogen and oxygen atoms in total. The van der Waals surface area contributed by atoms with Crippen molar-refractivity contribution in [2.75, 3.05) is 32.8 Å². The highest BCUT2D eigenvalue weighted by Crippen LogP contribution is 2.35. The van der Waals surface area contributed by atoms with Gasteiger partial charge in [0.15, 0.2) is 0 Å². The Hall–Kier alpha value is -1.14. The number of likely N-dealkylation sites (tertiary alicyclic amines) is 1. The van der Waals surface area contributed by atoms with Gasteiger partial charge in [0.25, 0.3) is 0 Å². The number of carbonyl (C=O) groups excluding carboxylic acids is 1. The van der Waals surface area contributed by atoms with Crippen molar-refractivity contribution in [2.24, 2.45) is 11.7 Å². The molecule has 2 aliphatic heterocycles. The molecule has 27 heavy (non-hydrogen) atoms. The molecule has 2 unspecified atom stereocenters. The van der Waals surface area contributed by atoms with Crippen molar-refractivity contribution in [1.82, 2.24) is 4.90 Å². The van der Waals surface area contributed by atoms with Crippen molar-refractivity contribution in [1.29, 1.82) is 0 Å². The van der Waals surface area contributed by atoms with Gasteiger partial charge in [-0.15, -0.1) is 12.4 Å². The van der Waals surface area contributed by atoms with Crippen molar-refractivity contribution in [3.63, 3.8) is 0 Å². The van der Waals surface area contributed by atoms with E-state index in [-0.39, 0.29) is 36.4 Å². The van der Waals surface area contributed by atoms with E-state index in [1.807, 2.05) is 4.90 Å². The summed E-state index contributed by atoms with van der Waals surface area (Å²) in [6, 6.07) is 8.39. The number of nitrogens with two attached hydrogens (primary N) is 1. The maximum atomic E-state index is 13.2. The molecule has 0 aliphatic carbocycles. The topological polar surface area (TPSA) is 64.8 Å². The molecular formula is C21H33ClN2O3. The summed E-state index contributed by atoms with van der Waals surface area (Å²) in [5.41, 5.74) is 7.86. The average molecular weight is 397 g/mol. The molecule has 0 radical (unpaired) electrons. The summed E-state index contributed by atoms with van der Waals surface area (Å²) in [7, 11) is 0. The van der Waals surface area contributed by atoms with Gasteiger partial charge in [0.2, 0.25) is 5.91 Å². The first-order valence-electron chi connectivity index (χ1n) is 9.97. The number of rotatable bonds is 6. The Morgan fingerprint density at radius 1 is 1.22 bits per heavy atom. The smallest absolute Gasteiger partial charge is 0.228 e. The average Bonchev–Trinajstić information content (AvgIpc) is 2.69. The number of ether oxygens (including phenoxy) is 2. The molecule has 152 valence electrons. The van der Waals surface area contributed by atoms with Crippen LogP contribution < -0.4 is 5.73 Å². The number of nitrogens with zero attached hydrogens (tertiary/aromatic N) is 1. The van der Waals surface area contributed by atoms with E-state index in [2.05, 4.69) is 31.2 Å².